The zero-order valence-electron chi connectivity index (χ0n) is 18.9. The zero-order valence-corrected chi connectivity index (χ0v) is 18.9. The average Bonchev–Trinajstić information content (AvgIpc) is 3.29. The van der Waals surface area contributed by atoms with Gasteiger partial charge >= 0.3 is 18.2 Å². The lowest BCUT2D eigenvalue weighted by Crippen LogP contribution is -2.25. The predicted molar refractivity (Wildman–Crippen MR) is 122 cm³/mol. The molecule has 0 atom stereocenters. The number of hydrogen-bond acceptors (Lipinski definition) is 7. The van der Waals surface area contributed by atoms with Crippen LogP contribution in [0, 0.1) is 5.92 Å². The highest BCUT2D eigenvalue weighted by Gasteiger charge is 2.33. The van der Waals surface area contributed by atoms with Gasteiger partial charge in [-0.25, -0.2) is 19.9 Å². The maximum Gasteiger partial charge on any atom is 0.433 e. The van der Waals surface area contributed by atoms with Crippen molar-refractivity contribution in [3.05, 3.63) is 48.5 Å². The van der Waals surface area contributed by atoms with Crippen LogP contribution in [0.1, 0.15) is 37.8 Å². The molecular formula is C24H21F3N6O3. The van der Waals surface area contributed by atoms with Gasteiger partial charge in [-0.3, -0.25) is 9.78 Å². The first kappa shape index (κ1) is 23.6. The van der Waals surface area contributed by atoms with E-state index in [9.17, 15) is 18.0 Å². The van der Waals surface area contributed by atoms with Crippen LogP contribution in [-0.2, 0) is 11.0 Å². The van der Waals surface area contributed by atoms with E-state index in [1.807, 2.05) is 0 Å². The first-order valence-electron chi connectivity index (χ1n) is 11.4. The smallest absolute Gasteiger partial charge is 0.433 e. The summed E-state index contributed by atoms with van der Waals surface area (Å²) >= 11 is 0. The number of aromatic nitrogens is 6. The Balaban J connectivity index is 1.23. The molecule has 5 rings (SSSR count). The molecule has 0 aliphatic heterocycles. The van der Waals surface area contributed by atoms with Gasteiger partial charge in [-0.1, -0.05) is 0 Å². The van der Waals surface area contributed by atoms with Gasteiger partial charge in [-0.15, -0.1) is 0 Å². The van der Waals surface area contributed by atoms with Gasteiger partial charge in [-0.2, -0.15) is 13.2 Å². The maximum absolute atomic E-state index is 12.9. The van der Waals surface area contributed by atoms with E-state index in [0.29, 0.717) is 28.2 Å². The summed E-state index contributed by atoms with van der Waals surface area (Å²) in [6, 6.07) is 5.94. The number of carboxylic acids is 1. The van der Waals surface area contributed by atoms with Gasteiger partial charge in [0.05, 0.1) is 11.2 Å². The Hall–Kier alpha value is -4.09. The van der Waals surface area contributed by atoms with E-state index in [0.717, 1.165) is 31.7 Å². The third kappa shape index (κ3) is 5.26. The topological polar surface area (TPSA) is 127 Å². The Labute approximate surface area is 202 Å². The summed E-state index contributed by atoms with van der Waals surface area (Å²) < 4.78 is 44.6. The van der Waals surface area contributed by atoms with E-state index in [1.54, 1.807) is 30.7 Å². The molecule has 36 heavy (non-hydrogen) atoms. The van der Waals surface area contributed by atoms with Gasteiger partial charge in [0.15, 0.2) is 5.65 Å². The number of alkyl halides is 3. The van der Waals surface area contributed by atoms with E-state index in [-0.39, 0.29) is 30.1 Å². The molecule has 4 aromatic rings. The van der Waals surface area contributed by atoms with Crippen molar-refractivity contribution in [1.82, 2.24) is 29.9 Å². The summed E-state index contributed by atoms with van der Waals surface area (Å²) in [7, 11) is 0. The number of aliphatic carboxylic acids is 1. The Morgan fingerprint density at radius 3 is 2.33 bits per heavy atom. The van der Waals surface area contributed by atoms with E-state index in [1.165, 1.54) is 6.07 Å². The van der Waals surface area contributed by atoms with Crippen LogP contribution in [0.4, 0.5) is 13.2 Å². The molecule has 1 aliphatic carbocycles. The number of ether oxygens (including phenoxy) is 1. The van der Waals surface area contributed by atoms with Crippen molar-refractivity contribution in [3.63, 3.8) is 0 Å². The standard InChI is InChI=1S/C24H21F3N6O3/c25-24(26,27)19-8-7-18-22(32-19)33-21(31-18)14-3-6-17(28-10-14)15-11-29-23(30-12-15)36-16-4-1-13(2-5-16)9-20(34)35/h3,6-8,10-13,16H,1-2,4-5,9H2,(H,34,35)(H,31,32,33). The number of hydrogen-bond donors (Lipinski definition) is 2. The number of nitrogens with zero attached hydrogens (tertiary/aromatic N) is 5. The second-order valence-electron chi connectivity index (χ2n) is 8.70. The van der Waals surface area contributed by atoms with Gasteiger partial charge < -0.3 is 14.8 Å². The fraction of sp³-hybridized carbons (Fsp3) is 0.333. The molecule has 0 aromatic carbocycles. The minimum atomic E-state index is -4.54. The van der Waals surface area contributed by atoms with Crippen LogP contribution in [0.15, 0.2) is 42.9 Å². The number of fused-ring (bicyclic) bond motifs is 1. The van der Waals surface area contributed by atoms with Crippen molar-refractivity contribution in [3.8, 4) is 28.7 Å². The van der Waals surface area contributed by atoms with E-state index >= 15 is 0 Å². The van der Waals surface area contributed by atoms with Crippen molar-refractivity contribution >= 4 is 17.1 Å². The van der Waals surface area contributed by atoms with Gasteiger partial charge in [-0.05, 0) is 55.9 Å². The normalized spacial score (nSPS) is 18.3. The average molecular weight is 498 g/mol. The molecular weight excluding hydrogens is 477 g/mol. The second-order valence-corrected chi connectivity index (χ2v) is 8.70. The minimum absolute atomic E-state index is 0.0248. The van der Waals surface area contributed by atoms with Crippen LogP contribution in [0.5, 0.6) is 6.01 Å². The van der Waals surface area contributed by atoms with Crippen molar-refractivity contribution in [1.29, 1.82) is 0 Å². The number of nitrogens with one attached hydrogen (secondary N) is 1. The number of imidazole rings is 1. The summed E-state index contributed by atoms with van der Waals surface area (Å²) in [5.74, 6) is -0.226. The van der Waals surface area contributed by atoms with Crippen molar-refractivity contribution in [2.75, 3.05) is 0 Å². The number of pyridine rings is 2. The first-order valence-corrected chi connectivity index (χ1v) is 11.4. The summed E-state index contributed by atoms with van der Waals surface area (Å²) in [5, 5.41) is 8.93. The quantitative estimate of drug-likeness (QED) is 0.384. The zero-order chi connectivity index (χ0) is 25.3. The second kappa shape index (κ2) is 9.51. The van der Waals surface area contributed by atoms with Crippen LogP contribution in [-0.4, -0.2) is 47.1 Å². The molecule has 0 amide bonds. The number of aromatic amines is 1. The Kier molecular flexibility index (Phi) is 6.25. The Bertz CT molecular complexity index is 1360. The SMILES string of the molecule is O=C(O)CC1CCC(Oc2ncc(-c3ccc(-c4nc5nc(C(F)(F)F)ccc5[nH]4)cn3)cn2)CC1. The monoisotopic (exact) mass is 498 g/mol. The molecule has 1 fully saturated rings. The van der Waals surface area contributed by atoms with Crippen LogP contribution in [0.2, 0.25) is 0 Å². The lowest BCUT2D eigenvalue weighted by Gasteiger charge is -2.27. The van der Waals surface area contributed by atoms with Gasteiger partial charge in [0, 0.05) is 36.1 Å². The summed E-state index contributed by atoms with van der Waals surface area (Å²) in [6.45, 7) is 0. The number of H-pyrrole nitrogens is 1. The molecule has 1 saturated carbocycles. The van der Waals surface area contributed by atoms with E-state index < -0.39 is 17.8 Å². The van der Waals surface area contributed by atoms with Crippen molar-refractivity contribution < 1.29 is 27.8 Å². The molecule has 186 valence electrons. The van der Waals surface area contributed by atoms with E-state index in [4.69, 9.17) is 9.84 Å². The van der Waals surface area contributed by atoms with Gasteiger partial charge in [0.2, 0.25) is 0 Å². The largest absolute Gasteiger partial charge is 0.481 e. The highest BCUT2D eigenvalue weighted by atomic mass is 19.4. The molecule has 2 N–H and O–H groups in total. The third-order valence-corrected chi connectivity index (χ3v) is 6.13. The van der Waals surface area contributed by atoms with Crippen LogP contribution < -0.4 is 4.74 Å². The highest BCUT2D eigenvalue weighted by Crippen LogP contribution is 2.30. The molecule has 4 heterocycles. The molecule has 9 nitrogen and oxygen atoms in total. The lowest BCUT2D eigenvalue weighted by molar-refractivity contribution is -0.141. The number of halogens is 3. The van der Waals surface area contributed by atoms with Crippen molar-refractivity contribution in [2.24, 2.45) is 5.92 Å². The maximum atomic E-state index is 12.9. The third-order valence-electron chi connectivity index (χ3n) is 6.13. The molecule has 0 spiro atoms. The first-order chi connectivity index (χ1) is 17.2. The summed E-state index contributed by atoms with van der Waals surface area (Å²) in [4.78, 5) is 34.5. The van der Waals surface area contributed by atoms with Crippen molar-refractivity contribution in [2.45, 2.75) is 44.4 Å². The molecule has 0 bridgehead atoms. The summed E-state index contributed by atoms with van der Waals surface area (Å²) in [6.07, 6.45) is 3.50. The number of carboxylic acid groups (broad SMARTS) is 1. The summed E-state index contributed by atoms with van der Waals surface area (Å²) in [5.41, 5.74) is 1.22. The molecule has 0 radical (unpaired) electrons. The number of rotatable bonds is 6. The van der Waals surface area contributed by atoms with Gasteiger partial charge in [0.25, 0.3) is 0 Å². The molecule has 4 aromatic heterocycles. The fourth-order valence-corrected chi connectivity index (χ4v) is 4.25. The lowest BCUT2D eigenvalue weighted by atomic mass is 9.85. The minimum Gasteiger partial charge on any atom is -0.481 e. The van der Waals surface area contributed by atoms with Crippen LogP contribution in [0.3, 0.4) is 0 Å². The molecule has 1 aliphatic rings. The Morgan fingerprint density at radius 1 is 0.972 bits per heavy atom. The number of carbonyl (C=O) groups is 1. The predicted octanol–water partition coefficient (Wildman–Crippen LogP) is 4.91. The van der Waals surface area contributed by atoms with Crippen LogP contribution >= 0.6 is 0 Å². The fourth-order valence-electron chi connectivity index (χ4n) is 4.25. The van der Waals surface area contributed by atoms with Gasteiger partial charge in [0.1, 0.15) is 17.6 Å². The highest BCUT2D eigenvalue weighted by molar-refractivity contribution is 5.76. The van der Waals surface area contributed by atoms with E-state index in [2.05, 4.69) is 29.9 Å². The molecule has 0 unspecified atom stereocenters. The molecule has 12 heteroatoms. The molecule has 0 saturated heterocycles. The van der Waals surface area contributed by atoms with Crippen LogP contribution in [0.25, 0.3) is 33.8 Å². The Morgan fingerprint density at radius 2 is 1.69 bits per heavy atom.